The second-order valence-corrected chi connectivity index (χ2v) is 14.1. The van der Waals surface area contributed by atoms with Crippen LogP contribution in [0.1, 0.15) is 18.1 Å². The molecule has 0 radical (unpaired) electrons. The molecule has 172 valence electrons. The Labute approximate surface area is 188 Å². The lowest BCUT2D eigenvalue weighted by Crippen LogP contribution is -2.22. The summed E-state index contributed by atoms with van der Waals surface area (Å²) in [7, 11) is -1.18. The van der Waals surface area contributed by atoms with Crippen molar-refractivity contribution >= 4 is 25.7 Å². The molecule has 32 heavy (non-hydrogen) atoms. The molecule has 3 rings (SSSR count). The number of halogens is 1. The molecule has 1 aliphatic heterocycles. The zero-order chi connectivity index (χ0) is 23.1. The van der Waals surface area contributed by atoms with Crippen molar-refractivity contribution < 1.29 is 32.9 Å². The molecule has 2 aromatic rings. The van der Waals surface area contributed by atoms with Crippen LogP contribution in [0.25, 0.3) is 11.6 Å². The number of esters is 1. The highest BCUT2D eigenvalue weighted by molar-refractivity contribution is 6.76. The normalized spacial score (nSPS) is 13.2. The van der Waals surface area contributed by atoms with Gasteiger partial charge in [0, 0.05) is 14.7 Å². The van der Waals surface area contributed by atoms with Crippen molar-refractivity contribution in [2.24, 2.45) is 0 Å². The third kappa shape index (κ3) is 6.58. The van der Waals surface area contributed by atoms with Gasteiger partial charge in [0.25, 0.3) is 0 Å². The molecule has 1 heterocycles. The van der Waals surface area contributed by atoms with Crippen molar-refractivity contribution in [1.29, 1.82) is 0 Å². The summed E-state index contributed by atoms with van der Waals surface area (Å²) in [5.41, 5.74) is 1.37. The number of hydrogen-bond donors (Lipinski definition) is 0. The molecule has 6 nitrogen and oxygen atoms in total. The molecule has 0 bridgehead atoms. The van der Waals surface area contributed by atoms with Crippen molar-refractivity contribution in [3.05, 3.63) is 53.3 Å². The van der Waals surface area contributed by atoms with E-state index in [1.54, 1.807) is 37.3 Å². The van der Waals surface area contributed by atoms with E-state index in [1.165, 1.54) is 12.1 Å². The van der Waals surface area contributed by atoms with Gasteiger partial charge in [-0.3, -0.25) is 0 Å². The first-order chi connectivity index (χ1) is 15.3. The number of rotatable bonds is 10. The van der Waals surface area contributed by atoms with Gasteiger partial charge >= 0.3 is 5.97 Å². The van der Waals surface area contributed by atoms with Crippen molar-refractivity contribution in [1.82, 2.24) is 0 Å². The van der Waals surface area contributed by atoms with Crippen LogP contribution < -0.4 is 14.2 Å². The number of hydrogen-bond acceptors (Lipinski definition) is 6. The van der Waals surface area contributed by atoms with Crippen LogP contribution in [0.15, 0.2) is 36.4 Å². The minimum absolute atomic E-state index is 0.0120. The lowest BCUT2D eigenvalue weighted by molar-refractivity contribution is -0.136. The molecule has 2 aromatic carbocycles. The topological polar surface area (TPSA) is 63.2 Å². The van der Waals surface area contributed by atoms with Gasteiger partial charge in [-0.2, -0.15) is 0 Å². The Hall–Kier alpha value is -2.84. The zero-order valence-corrected chi connectivity index (χ0v) is 19.9. The average Bonchev–Trinajstić information content (AvgIpc) is 3.20. The monoisotopic (exact) mass is 460 g/mol. The van der Waals surface area contributed by atoms with Gasteiger partial charge < -0.3 is 23.7 Å². The van der Waals surface area contributed by atoms with Crippen LogP contribution in [-0.4, -0.2) is 40.8 Å². The SMILES string of the molecule is CCOC(=O)C(=Cc1ccc(OCOCC[Si](C)(C)C)c(F)c1)c1ccc2c(c1)OCO2. The van der Waals surface area contributed by atoms with Crippen molar-refractivity contribution in [2.45, 2.75) is 32.6 Å². The van der Waals surface area contributed by atoms with Crippen LogP contribution in [0.2, 0.25) is 25.7 Å². The van der Waals surface area contributed by atoms with E-state index in [0.717, 1.165) is 6.04 Å². The molecule has 0 fully saturated rings. The summed E-state index contributed by atoms with van der Waals surface area (Å²) >= 11 is 0. The van der Waals surface area contributed by atoms with Gasteiger partial charge in [0.05, 0.1) is 12.2 Å². The summed E-state index contributed by atoms with van der Waals surface area (Å²) in [4.78, 5) is 12.6. The molecule has 0 amide bonds. The van der Waals surface area contributed by atoms with E-state index in [-0.39, 0.29) is 31.5 Å². The smallest absolute Gasteiger partial charge is 0.338 e. The molecular weight excluding hydrogens is 431 g/mol. The minimum atomic E-state index is -1.18. The Morgan fingerprint density at radius 1 is 1.12 bits per heavy atom. The standard InChI is InChI=1S/C24H29FO6Si/c1-5-28-24(26)19(18-7-9-22-23(14-18)31-16-30-22)12-17-6-8-21(20(25)13-17)29-15-27-10-11-32(2,3)4/h6-9,12-14H,5,10-11,15-16H2,1-4H3. The van der Waals surface area contributed by atoms with Crippen molar-refractivity contribution in [3.63, 3.8) is 0 Å². The van der Waals surface area contributed by atoms with Gasteiger partial charge in [-0.25, -0.2) is 9.18 Å². The summed E-state index contributed by atoms with van der Waals surface area (Å²) in [5.74, 6) is 0.193. The fourth-order valence-electron chi connectivity index (χ4n) is 2.97. The zero-order valence-electron chi connectivity index (χ0n) is 18.9. The number of ether oxygens (including phenoxy) is 5. The number of fused-ring (bicyclic) bond motifs is 1. The van der Waals surface area contributed by atoms with Gasteiger partial charge in [-0.1, -0.05) is 31.8 Å². The molecule has 0 aromatic heterocycles. The van der Waals surface area contributed by atoms with E-state index in [4.69, 9.17) is 23.7 Å². The Morgan fingerprint density at radius 2 is 1.91 bits per heavy atom. The van der Waals surface area contributed by atoms with E-state index in [0.29, 0.717) is 29.2 Å². The largest absolute Gasteiger partial charge is 0.464 e. The maximum absolute atomic E-state index is 14.6. The molecule has 0 aliphatic carbocycles. The van der Waals surface area contributed by atoms with Crippen LogP contribution in [0, 0.1) is 5.82 Å². The molecule has 0 N–H and O–H groups in total. The highest BCUT2D eigenvalue weighted by atomic mass is 28.3. The predicted molar refractivity (Wildman–Crippen MR) is 123 cm³/mol. The van der Waals surface area contributed by atoms with Gasteiger partial charge in [0.1, 0.15) is 0 Å². The lowest BCUT2D eigenvalue weighted by atomic mass is 10.0. The predicted octanol–water partition coefficient (Wildman–Crippen LogP) is 5.35. The number of benzene rings is 2. The van der Waals surface area contributed by atoms with E-state index in [2.05, 4.69) is 19.6 Å². The van der Waals surface area contributed by atoms with Gasteiger partial charge in [0.2, 0.25) is 6.79 Å². The van der Waals surface area contributed by atoms with Crippen LogP contribution in [0.5, 0.6) is 17.2 Å². The van der Waals surface area contributed by atoms with E-state index >= 15 is 0 Å². The van der Waals surface area contributed by atoms with E-state index in [1.807, 2.05) is 0 Å². The van der Waals surface area contributed by atoms with Crippen LogP contribution in [0.3, 0.4) is 0 Å². The molecule has 0 saturated carbocycles. The summed E-state index contributed by atoms with van der Waals surface area (Å²) in [6.07, 6.45) is 1.58. The van der Waals surface area contributed by atoms with Gasteiger partial charge in [-0.05, 0) is 54.4 Å². The minimum Gasteiger partial charge on any atom is -0.464 e. The average molecular weight is 461 g/mol. The fraction of sp³-hybridized carbons (Fsp3) is 0.375. The fourth-order valence-corrected chi connectivity index (χ4v) is 3.72. The van der Waals surface area contributed by atoms with Crippen LogP contribution in [-0.2, 0) is 14.3 Å². The maximum atomic E-state index is 14.6. The molecule has 0 saturated heterocycles. The van der Waals surface area contributed by atoms with Gasteiger partial charge in [0.15, 0.2) is 29.9 Å². The third-order valence-corrected chi connectivity index (χ3v) is 6.44. The number of carbonyl (C=O) groups excluding carboxylic acids is 1. The molecule has 0 atom stereocenters. The molecule has 8 heteroatoms. The first-order valence-electron chi connectivity index (χ1n) is 10.6. The summed E-state index contributed by atoms with van der Waals surface area (Å²) in [6.45, 7) is 9.45. The molecule has 1 aliphatic rings. The molecular formula is C24H29FO6Si. The van der Waals surface area contributed by atoms with Crippen molar-refractivity contribution in [2.75, 3.05) is 26.8 Å². The second-order valence-electron chi connectivity index (χ2n) is 8.52. The Morgan fingerprint density at radius 3 is 2.62 bits per heavy atom. The first kappa shape index (κ1) is 23.8. The summed E-state index contributed by atoms with van der Waals surface area (Å²) in [5, 5.41) is 0. The number of carbonyl (C=O) groups is 1. The highest BCUT2D eigenvalue weighted by Gasteiger charge is 2.19. The van der Waals surface area contributed by atoms with Crippen LogP contribution >= 0.6 is 0 Å². The second kappa shape index (κ2) is 10.6. The van der Waals surface area contributed by atoms with Crippen LogP contribution in [0.4, 0.5) is 4.39 Å². The maximum Gasteiger partial charge on any atom is 0.338 e. The Bertz CT molecular complexity index is 983. The van der Waals surface area contributed by atoms with E-state index < -0.39 is 19.9 Å². The van der Waals surface area contributed by atoms with E-state index in [9.17, 15) is 9.18 Å². The molecule has 0 spiro atoms. The van der Waals surface area contributed by atoms with Gasteiger partial charge in [-0.15, -0.1) is 0 Å². The highest BCUT2D eigenvalue weighted by Crippen LogP contribution is 2.35. The summed E-state index contributed by atoms with van der Waals surface area (Å²) in [6, 6.07) is 10.7. The Kier molecular flexibility index (Phi) is 7.93. The molecule has 0 unspecified atom stereocenters. The Balaban J connectivity index is 1.74. The third-order valence-electron chi connectivity index (χ3n) is 4.74. The lowest BCUT2D eigenvalue weighted by Gasteiger charge is -2.15. The summed E-state index contributed by atoms with van der Waals surface area (Å²) < 4.78 is 41.4. The van der Waals surface area contributed by atoms with Crippen molar-refractivity contribution in [3.8, 4) is 17.2 Å². The quantitative estimate of drug-likeness (QED) is 0.119. The first-order valence-corrected chi connectivity index (χ1v) is 14.3.